The van der Waals surface area contributed by atoms with Gasteiger partial charge in [0.1, 0.15) is 6.23 Å². The van der Waals surface area contributed by atoms with Crippen molar-refractivity contribution in [1.29, 1.82) is 0 Å². The molecule has 0 aliphatic heterocycles. The molecule has 0 bridgehead atoms. The summed E-state index contributed by atoms with van der Waals surface area (Å²) < 4.78 is 0. The Labute approximate surface area is 123 Å². The molecular weight excluding hydrogens is 257 g/mol. The third-order valence-corrected chi connectivity index (χ3v) is 3.31. The van der Waals surface area contributed by atoms with Crippen LogP contribution in [0.15, 0.2) is 0 Å². The number of aliphatic hydroxyl groups excluding tert-OH is 1. The molecule has 0 aromatic carbocycles. The Morgan fingerprint density at radius 2 is 1.65 bits per heavy atom. The molecule has 0 aromatic rings. The van der Waals surface area contributed by atoms with E-state index in [-0.39, 0.29) is 0 Å². The number of unbranched alkanes of at least 4 members (excludes halogenated alkanes) is 3. The normalized spacial score (nSPS) is 13.8. The highest BCUT2D eigenvalue weighted by Crippen LogP contribution is 2.15. The van der Waals surface area contributed by atoms with Crippen molar-refractivity contribution in [3.8, 4) is 0 Å². The number of hydrogen-bond donors (Lipinski definition) is 4. The summed E-state index contributed by atoms with van der Waals surface area (Å²) in [5.74, 6) is 0. The summed E-state index contributed by atoms with van der Waals surface area (Å²) in [7, 11) is -1.29. The topological polar surface area (TPSA) is 84.2 Å². The molecule has 0 aromatic heterocycles. The van der Waals surface area contributed by atoms with E-state index in [0.29, 0.717) is 25.7 Å². The van der Waals surface area contributed by atoms with Crippen LogP contribution in [0, 0.1) is 0 Å². The molecule has 0 saturated carbocycles. The number of hydrogen-bond acceptors (Lipinski definition) is 5. The highest BCUT2D eigenvalue weighted by atomic mass is 16.4. The van der Waals surface area contributed by atoms with Crippen molar-refractivity contribution in [2.24, 2.45) is 0 Å². The van der Waals surface area contributed by atoms with E-state index in [0.717, 1.165) is 19.4 Å². The van der Waals surface area contributed by atoms with Crippen molar-refractivity contribution in [3.63, 3.8) is 0 Å². The zero-order chi connectivity index (χ0) is 15.6. The lowest BCUT2D eigenvalue weighted by Gasteiger charge is -2.31. The first-order valence-electron chi connectivity index (χ1n) is 7.77. The van der Waals surface area contributed by atoms with Gasteiger partial charge in [-0.3, -0.25) is 4.90 Å². The summed E-state index contributed by atoms with van der Waals surface area (Å²) in [4.78, 5) is 1.93. The lowest BCUT2D eigenvalue weighted by molar-refractivity contribution is -0.0583. The molecule has 20 heavy (non-hydrogen) atoms. The molecule has 5 nitrogen and oxygen atoms in total. The Kier molecular flexibility index (Phi) is 10.5. The van der Waals surface area contributed by atoms with Crippen molar-refractivity contribution < 1.29 is 20.3 Å². The van der Waals surface area contributed by atoms with E-state index in [1.54, 1.807) is 13.8 Å². The van der Waals surface area contributed by atoms with Gasteiger partial charge in [0.25, 0.3) is 0 Å². The Morgan fingerprint density at radius 1 is 1.05 bits per heavy atom. The van der Waals surface area contributed by atoms with E-state index < -0.39 is 18.9 Å². The standard InChI is InChI=1S/C14H32BNO4/c1-4-5-6-7-10-16(11-8-9-15(19)20)13(17)12-14(2,3)18/h13,17-20H,4-12H2,1-3H3. The second-order valence-electron chi connectivity index (χ2n) is 6.22. The summed E-state index contributed by atoms with van der Waals surface area (Å²) in [5.41, 5.74) is -0.905. The van der Waals surface area contributed by atoms with Crippen LogP contribution in [0.5, 0.6) is 0 Å². The van der Waals surface area contributed by atoms with Gasteiger partial charge in [-0.2, -0.15) is 0 Å². The van der Waals surface area contributed by atoms with Gasteiger partial charge >= 0.3 is 7.12 Å². The van der Waals surface area contributed by atoms with Gasteiger partial charge < -0.3 is 20.3 Å². The van der Waals surface area contributed by atoms with Crippen molar-refractivity contribution in [2.45, 2.75) is 77.4 Å². The molecule has 0 radical (unpaired) electrons. The lowest BCUT2D eigenvalue weighted by Crippen LogP contribution is -2.41. The van der Waals surface area contributed by atoms with Gasteiger partial charge in [0.15, 0.2) is 0 Å². The number of nitrogens with zero attached hydrogens (tertiary/aromatic N) is 1. The first-order chi connectivity index (χ1) is 9.26. The van der Waals surface area contributed by atoms with Gasteiger partial charge in [0.05, 0.1) is 5.60 Å². The van der Waals surface area contributed by atoms with Gasteiger partial charge in [-0.05, 0) is 33.0 Å². The fourth-order valence-corrected chi connectivity index (χ4v) is 2.20. The first-order valence-corrected chi connectivity index (χ1v) is 7.77. The van der Waals surface area contributed by atoms with Gasteiger partial charge in [-0.25, -0.2) is 0 Å². The Balaban J connectivity index is 4.21. The van der Waals surface area contributed by atoms with Crippen LogP contribution in [-0.2, 0) is 0 Å². The maximum Gasteiger partial charge on any atom is 0.451 e. The Morgan fingerprint density at radius 3 is 2.15 bits per heavy atom. The van der Waals surface area contributed by atoms with Crippen LogP contribution < -0.4 is 0 Å². The molecule has 4 N–H and O–H groups in total. The van der Waals surface area contributed by atoms with Gasteiger partial charge in [0, 0.05) is 19.5 Å². The second-order valence-corrected chi connectivity index (χ2v) is 6.22. The van der Waals surface area contributed by atoms with Gasteiger partial charge in [0.2, 0.25) is 0 Å². The predicted molar refractivity (Wildman–Crippen MR) is 82.3 cm³/mol. The number of aliphatic hydroxyl groups is 2. The fraction of sp³-hybridized carbons (Fsp3) is 1.00. The SMILES string of the molecule is CCCCCCN(CCCB(O)O)C(O)CC(C)(C)O. The zero-order valence-electron chi connectivity index (χ0n) is 13.3. The quantitative estimate of drug-likeness (QED) is 0.246. The highest BCUT2D eigenvalue weighted by molar-refractivity contribution is 6.40. The van der Waals surface area contributed by atoms with Crippen LogP contribution in [-0.4, -0.2) is 57.2 Å². The minimum absolute atomic E-state index is 0.294. The summed E-state index contributed by atoms with van der Waals surface area (Å²) in [6, 6.07) is 0. The van der Waals surface area contributed by atoms with Crippen LogP contribution in [0.1, 0.15) is 59.3 Å². The fourth-order valence-electron chi connectivity index (χ4n) is 2.20. The lowest BCUT2D eigenvalue weighted by atomic mass is 9.84. The maximum atomic E-state index is 10.2. The summed E-state index contributed by atoms with van der Waals surface area (Å²) >= 11 is 0. The zero-order valence-corrected chi connectivity index (χ0v) is 13.3. The summed E-state index contributed by atoms with van der Waals surface area (Å²) in [5, 5.41) is 37.7. The summed E-state index contributed by atoms with van der Waals surface area (Å²) in [6.45, 7) is 6.91. The number of rotatable bonds is 12. The Bertz CT molecular complexity index is 234. The molecular formula is C14H32BNO4. The van der Waals surface area contributed by atoms with Crippen LogP contribution in [0.2, 0.25) is 6.32 Å². The average molecular weight is 289 g/mol. The van der Waals surface area contributed by atoms with Gasteiger partial charge in [-0.1, -0.05) is 26.2 Å². The van der Waals surface area contributed by atoms with Crippen LogP contribution in [0.25, 0.3) is 0 Å². The average Bonchev–Trinajstić information content (AvgIpc) is 2.29. The maximum absolute atomic E-state index is 10.2. The predicted octanol–water partition coefficient (Wildman–Crippen LogP) is 1.21. The van der Waals surface area contributed by atoms with E-state index in [2.05, 4.69) is 6.92 Å². The molecule has 0 aliphatic carbocycles. The van der Waals surface area contributed by atoms with Crippen molar-refractivity contribution in [3.05, 3.63) is 0 Å². The highest BCUT2D eigenvalue weighted by Gasteiger charge is 2.23. The summed E-state index contributed by atoms with van der Waals surface area (Å²) in [6.07, 6.45) is 5.03. The third kappa shape index (κ3) is 11.7. The third-order valence-electron chi connectivity index (χ3n) is 3.31. The van der Waals surface area contributed by atoms with Crippen molar-refractivity contribution >= 4 is 7.12 Å². The van der Waals surface area contributed by atoms with E-state index >= 15 is 0 Å². The van der Waals surface area contributed by atoms with E-state index in [1.165, 1.54) is 12.8 Å². The van der Waals surface area contributed by atoms with E-state index in [4.69, 9.17) is 10.0 Å². The van der Waals surface area contributed by atoms with Gasteiger partial charge in [-0.15, -0.1) is 0 Å². The minimum Gasteiger partial charge on any atom is -0.427 e. The first kappa shape index (κ1) is 19.9. The molecule has 0 rings (SSSR count). The van der Waals surface area contributed by atoms with Crippen LogP contribution >= 0.6 is 0 Å². The van der Waals surface area contributed by atoms with Crippen LogP contribution in [0.4, 0.5) is 0 Å². The molecule has 1 unspecified atom stereocenters. The molecule has 6 heteroatoms. The molecule has 0 heterocycles. The van der Waals surface area contributed by atoms with E-state index in [1.807, 2.05) is 4.90 Å². The molecule has 0 spiro atoms. The van der Waals surface area contributed by atoms with Crippen LogP contribution in [0.3, 0.4) is 0 Å². The second kappa shape index (κ2) is 10.6. The Hall–Kier alpha value is -0.135. The van der Waals surface area contributed by atoms with Crippen molar-refractivity contribution in [1.82, 2.24) is 4.90 Å². The monoisotopic (exact) mass is 289 g/mol. The van der Waals surface area contributed by atoms with E-state index in [9.17, 15) is 10.2 Å². The molecule has 1 atom stereocenters. The molecule has 120 valence electrons. The minimum atomic E-state index is -1.29. The molecule has 0 amide bonds. The molecule has 0 fully saturated rings. The largest absolute Gasteiger partial charge is 0.451 e. The van der Waals surface area contributed by atoms with Crippen molar-refractivity contribution in [2.75, 3.05) is 13.1 Å². The molecule has 0 saturated heterocycles. The smallest absolute Gasteiger partial charge is 0.427 e. The molecule has 0 aliphatic rings.